The molecule has 164 valence electrons. The van der Waals surface area contributed by atoms with E-state index in [1.165, 1.54) is 19.3 Å². The molecule has 0 aromatic carbocycles. The fourth-order valence-corrected chi connectivity index (χ4v) is 8.12. The molecule has 4 aliphatic carbocycles. The number of halogens is 1. The molecule has 8 unspecified atom stereocenters. The molecule has 2 amide bonds. The topological polar surface area (TPSA) is 82.0 Å². The van der Waals surface area contributed by atoms with Crippen molar-refractivity contribution in [3.63, 3.8) is 0 Å². The molecule has 6 nitrogen and oxygen atoms in total. The van der Waals surface area contributed by atoms with E-state index < -0.39 is 6.03 Å². The molecule has 0 bridgehead atoms. The van der Waals surface area contributed by atoms with E-state index >= 15 is 0 Å². The summed E-state index contributed by atoms with van der Waals surface area (Å²) in [6, 6.07) is -0.314. The van der Waals surface area contributed by atoms with Crippen LogP contribution in [0.3, 0.4) is 0 Å². The van der Waals surface area contributed by atoms with Gasteiger partial charge >= 0.3 is 6.03 Å². The summed E-state index contributed by atoms with van der Waals surface area (Å²) in [6.07, 6.45) is 9.93. The lowest BCUT2D eigenvalue weighted by molar-refractivity contribution is -0.123. The Morgan fingerprint density at radius 2 is 1.83 bits per heavy atom. The number of carbonyl (C=O) groups is 1. The van der Waals surface area contributed by atoms with E-state index in [-0.39, 0.29) is 30.0 Å². The first kappa shape index (κ1) is 21.4. The smallest absolute Gasteiger partial charge is 0.340 e. The number of fused-ring (bicyclic) bond motifs is 5. The van der Waals surface area contributed by atoms with Crippen LogP contribution in [0.4, 0.5) is 4.79 Å². The molecule has 0 aliphatic heterocycles. The molecule has 4 saturated carbocycles. The van der Waals surface area contributed by atoms with Gasteiger partial charge in [-0.3, -0.25) is 0 Å². The molecule has 4 rings (SSSR count). The van der Waals surface area contributed by atoms with Crippen molar-refractivity contribution in [2.24, 2.45) is 39.8 Å². The lowest BCUT2D eigenvalue weighted by atomic mass is 9.45. The molecule has 0 spiro atoms. The highest BCUT2D eigenvalue weighted by molar-refractivity contribution is 6.18. The second kappa shape index (κ2) is 7.99. The quantitative estimate of drug-likeness (QED) is 0.389. The lowest BCUT2D eigenvalue weighted by Gasteiger charge is -2.60. The van der Waals surface area contributed by atoms with E-state index in [9.17, 15) is 14.8 Å². The lowest BCUT2D eigenvalue weighted by Crippen LogP contribution is -2.56. The summed E-state index contributed by atoms with van der Waals surface area (Å²) in [5.74, 6) is 2.95. The first-order valence-electron chi connectivity index (χ1n) is 11.5. The van der Waals surface area contributed by atoms with Crippen LogP contribution in [0.25, 0.3) is 0 Å². The molecule has 0 heterocycles. The molecule has 29 heavy (non-hydrogen) atoms. The van der Waals surface area contributed by atoms with Gasteiger partial charge in [0.15, 0.2) is 0 Å². The second-order valence-electron chi connectivity index (χ2n) is 10.6. The summed E-state index contributed by atoms with van der Waals surface area (Å²) in [5, 5.41) is 17.1. The third-order valence-corrected chi connectivity index (χ3v) is 9.73. The van der Waals surface area contributed by atoms with Gasteiger partial charge in [-0.05, 0) is 92.3 Å². The van der Waals surface area contributed by atoms with Crippen molar-refractivity contribution in [2.75, 3.05) is 12.4 Å². The van der Waals surface area contributed by atoms with Gasteiger partial charge in [-0.15, -0.1) is 16.5 Å². The van der Waals surface area contributed by atoms with E-state index in [1.54, 1.807) is 0 Å². The first-order valence-corrected chi connectivity index (χ1v) is 12.0. The Bertz CT molecular complexity index is 649. The number of rotatable bonds is 4. The molecule has 4 fully saturated rings. The highest BCUT2D eigenvalue weighted by Crippen LogP contribution is 2.66. The molecule has 4 aliphatic rings. The van der Waals surface area contributed by atoms with Crippen LogP contribution in [0.1, 0.15) is 71.6 Å². The summed E-state index contributed by atoms with van der Waals surface area (Å²) in [6.45, 7) is 4.99. The SMILES string of the molecule is CC12CCC(O)CC1CCC1C2CCC2(C)C(NC(=O)N(CCCl)N=O)CCC12. The largest absolute Gasteiger partial charge is 0.393 e. The zero-order valence-electron chi connectivity index (χ0n) is 17.8. The number of urea groups is 1. The highest BCUT2D eigenvalue weighted by Gasteiger charge is 2.60. The van der Waals surface area contributed by atoms with E-state index in [4.69, 9.17) is 11.6 Å². The van der Waals surface area contributed by atoms with Gasteiger partial charge in [-0.2, -0.15) is 5.01 Å². The summed E-state index contributed by atoms with van der Waals surface area (Å²) in [7, 11) is 0. The minimum Gasteiger partial charge on any atom is -0.393 e. The van der Waals surface area contributed by atoms with E-state index in [2.05, 4.69) is 24.5 Å². The van der Waals surface area contributed by atoms with Crippen LogP contribution in [0.5, 0.6) is 0 Å². The monoisotopic (exact) mass is 425 g/mol. The Hall–Kier alpha value is -0.880. The third-order valence-electron chi connectivity index (χ3n) is 9.57. The van der Waals surface area contributed by atoms with Gasteiger partial charge in [-0.1, -0.05) is 13.8 Å². The number of aliphatic hydroxyl groups excluding tert-OH is 1. The number of hydrogen-bond acceptors (Lipinski definition) is 4. The molecule has 2 N–H and O–H groups in total. The fraction of sp³-hybridized carbons (Fsp3) is 0.955. The molecular formula is C22H36ClN3O3. The maximum Gasteiger partial charge on any atom is 0.340 e. The minimum absolute atomic E-state index is 0.0870. The average Bonchev–Trinajstić information content (AvgIpc) is 3.03. The predicted octanol–water partition coefficient (Wildman–Crippen LogP) is 4.69. The third kappa shape index (κ3) is 3.48. The Labute approximate surface area is 179 Å². The zero-order chi connectivity index (χ0) is 20.8. The van der Waals surface area contributed by atoms with Gasteiger partial charge in [0.25, 0.3) is 0 Å². The van der Waals surface area contributed by atoms with Crippen molar-refractivity contribution in [3.05, 3.63) is 4.91 Å². The van der Waals surface area contributed by atoms with Crippen LogP contribution in [-0.2, 0) is 0 Å². The summed E-state index contributed by atoms with van der Waals surface area (Å²) in [4.78, 5) is 23.5. The van der Waals surface area contributed by atoms with Crippen molar-refractivity contribution in [1.82, 2.24) is 10.3 Å². The van der Waals surface area contributed by atoms with Crippen molar-refractivity contribution in [3.8, 4) is 0 Å². The van der Waals surface area contributed by atoms with Crippen LogP contribution in [0.2, 0.25) is 0 Å². The summed E-state index contributed by atoms with van der Waals surface area (Å²) in [5.41, 5.74) is 0.452. The van der Waals surface area contributed by atoms with Gasteiger partial charge in [0, 0.05) is 11.9 Å². The van der Waals surface area contributed by atoms with Crippen LogP contribution >= 0.6 is 11.6 Å². The maximum absolute atomic E-state index is 12.5. The molecule has 7 heteroatoms. The summed E-state index contributed by atoms with van der Waals surface area (Å²) >= 11 is 5.69. The number of amides is 2. The predicted molar refractivity (Wildman–Crippen MR) is 113 cm³/mol. The maximum atomic E-state index is 12.5. The van der Waals surface area contributed by atoms with Crippen molar-refractivity contribution < 1.29 is 9.90 Å². The van der Waals surface area contributed by atoms with Gasteiger partial charge in [-0.25, -0.2) is 4.79 Å². The molecule has 8 atom stereocenters. The number of nitrogens with one attached hydrogen (secondary N) is 1. The normalized spacial score (nSPS) is 46.2. The van der Waals surface area contributed by atoms with Gasteiger partial charge < -0.3 is 10.4 Å². The molecule has 0 saturated heterocycles. The van der Waals surface area contributed by atoms with Crippen LogP contribution in [0, 0.1) is 39.4 Å². The number of aliphatic hydroxyl groups is 1. The Kier molecular flexibility index (Phi) is 5.88. The van der Waals surface area contributed by atoms with Crippen molar-refractivity contribution in [1.29, 1.82) is 0 Å². The number of nitrogens with zero attached hydrogens (tertiary/aromatic N) is 2. The van der Waals surface area contributed by atoms with Gasteiger partial charge in [0.2, 0.25) is 0 Å². The standard InChI is InChI=1S/C22H36ClN3O3/c1-21-9-7-15(27)13-14(21)3-4-16-17-5-6-19(22(17,2)10-8-18(16)21)24-20(28)26(25-29)12-11-23/h14-19,27H,3-13H2,1-2H3,(H,24,28). The molecular weight excluding hydrogens is 390 g/mol. The highest BCUT2D eigenvalue weighted by atomic mass is 35.5. The second-order valence-corrected chi connectivity index (χ2v) is 11.0. The van der Waals surface area contributed by atoms with Gasteiger partial charge in [0.1, 0.15) is 0 Å². The zero-order valence-corrected chi connectivity index (χ0v) is 18.5. The van der Waals surface area contributed by atoms with Crippen molar-refractivity contribution >= 4 is 17.6 Å². The minimum atomic E-state index is -0.411. The van der Waals surface area contributed by atoms with Crippen LogP contribution in [0.15, 0.2) is 5.29 Å². The number of nitroso groups, excluding NO2 is 1. The number of alkyl halides is 1. The number of carbonyl (C=O) groups excluding carboxylic acids is 1. The van der Waals surface area contributed by atoms with E-state index in [1.807, 2.05) is 0 Å². The van der Waals surface area contributed by atoms with E-state index in [0.29, 0.717) is 17.3 Å². The van der Waals surface area contributed by atoms with Crippen molar-refractivity contribution in [2.45, 2.75) is 83.8 Å². The van der Waals surface area contributed by atoms with Gasteiger partial charge in [0.05, 0.1) is 17.9 Å². The Balaban J connectivity index is 1.49. The molecule has 0 aromatic heterocycles. The molecule has 0 aromatic rings. The first-order chi connectivity index (χ1) is 13.8. The number of hydrogen-bond donors (Lipinski definition) is 2. The van der Waals surface area contributed by atoms with Crippen LogP contribution < -0.4 is 5.32 Å². The molecule has 0 radical (unpaired) electrons. The average molecular weight is 426 g/mol. The Morgan fingerprint density at radius 3 is 2.55 bits per heavy atom. The fourth-order valence-electron chi connectivity index (χ4n) is 7.96. The Morgan fingerprint density at radius 1 is 1.10 bits per heavy atom. The van der Waals surface area contributed by atoms with E-state index in [0.717, 1.165) is 55.4 Å². The van der Waals surface area contributed by atoms with Crippen LogP contribution in [-0.4, -0.2) is 40.7 Å². The summed E-state index contributed by atoms with van der Waals surface area (Å²) < 4.78 is 0.